The van der Waals surface area contributed by atoms with E-state index in [1.807, 2.05) is 0 Å². The van der Waals surface area contributed by atoms with E-state index in [-0.39, 0.29) is 5.54 Å². The van der Waals surface area contributed by atoms with Crippen molar-refractivity contribution in [3.8, 4) is 0 Å². The van der Waals surface area contributed by atoms with Gasteiger partial charge in [-0.15, -0.1) is 0 Å². The van der Waals surface area contributed by atoms with Gasteiger partial charge in [0.1, 0.15) is 0 Å². The van der Waals surface area contributed by atoms with Crippen molar-refractivity contribution in [2.24, 2.45) is 0 Å². The minimum atomic E-state index is 0.163. The lowest BCUT2D eigenvalue weighted by molar-refractivity contribution is 0.0456. The molecule has 2 rings (SSSR count). The largest absolute Gasteiger partial charge is 0.374 e. The Labute approximate surface area is 117 Å². The fraction of sp³-hybridized carbons (Fsp3) is 0.647. The number of hydrogen-bond donors (Lipinski definition) is 1. The predicted octanol–water partition coefficient (Wildman–Crippen LogP) is 4.03. The van der Waals surface area contributed by atoms with Crippen molar-refractivity contribution in [1.29, 1.82) is 0 Å². The monoisotopic (exact) mass is 261 g/mol. The van der Waals surface area contributed by atoms with E-state index >= 15 is 0 Å². The first kappa shape index (κ1) is 14.5. The number of rotatable bonds is 5. The van der Waals surface area contributed by atoms with Crippen LogP contribution in [0.2, 0.25) is 0 Å². The van der Waals surface area contributed by atoms with Gasteiger partial charge in [0.05, 0.1) is 12.7 Å². The molecule has 1 fully saturated rings. The first-order chi connectivity index (χ1) is 9.03. The number of nitrogens with one attached hydrogen (secondary N) is 1. The summed E-state index contributed by atoms with van der Waals surface area (Å²) >= 11 is 0. The molecular weight excluding hydrogens is 234 g/mol. The van der Waals surface area contributed by atoms with Gasteiger partial charge in [-0.1, -0.05) is 37.1 Å². The van der Waals surface area contributed by atoms with Crippen molar-refractivity contribution in [3.05, 3.63) is 35.4 Å². The Morgan fingerprint density at radius 1 is 1.16 bits per heavy atom. The molecule has 2 heteroatoms. The minimum Gasteiger partial charge on any atom is -0.374 e. The summed E-state index contributed by atoms with van der Waals surface area (Å²) < 4.78 is 5.97. The van der Waals surface area contributed by atoms with Gasteiger partial charge in [0.15, 0.2) is 0 Å². The standard InChI is InChI=1S/C17H27NO/c1-17(2,3)18-12-14-7-6-8-15(11-14)13-19-16-9-4-5-10-16/h6-8,11,16,18H,4-5,9-10,12-13H2,1-3H3. The van der Waals surface area contributed by atoms with Crippen molar-refractivity contribution in [2.75, 3.05) is 0 Å². The minimum absolute atomic E-state index is 0.163. The highest BCUT2D eigenvalue weighted by Gasteiger charge is 2.15. The highest BCUT2D eigenvalue weighted by molar-refractivity contribution is 5.23. The third kappa shape index (κ3) is 5.33. The molecule has 0 spiro atoms. The molecule has 0 saturated heterocycles. The van der Waals surface area contributed by atoms with Gasteiger partial charge >= 0.3 is 0 Å². The van der Waals surface area contributed by atoms with E-state index < -0.39 is 0 Å². The molecule has 0 bridgehead atoms. The van der Waals surface area contributed by atoms with Crippen LogP contribution in [0.3, 0.4) is 0 Å². The third-order valence-corrected chi connectivity index (χ3v) is 3.60. The van der Waals surface area contributed by atoms with Gasteiger partial charge in [0.2, 0.25) is 0 Å². The third-order valence-electron chi connectivity index (χ3n) is 3.60. The normalized spacial score (nSPS) is 17.0. The van der Waals surface area contributed by atoms with E-state index in [1.165, 1.54) is 36.8 Å². The summed E-state index contributed by atoms with van der Waals surface area (Å²) in [5.41, 5.74) is 2.79. The first-order valence-electron chi connectivity index (χ1n) is 7.47. The lowest BCUT2D eigenvalue weighted by atomic mass is 10.1. The van der Waals surface area contributed by atoms with Crippen LogP contribution in [0, 0.1) is 0 Å². The van der Waals surface area contributed by atoms with Crippen molar-refractivity contribution in [3.63, 3.8) is 0 Å². The summed E-state index contributed by atoms with van der Waals surface area (Å²) in [5.74, 6) is 0. The Hall–Kier alpha value is -0.860. The zero-order valence-electron chi connectivity index (χ0n) is 12.5. The molecule has 1 N–H and O–H groups in total. The van der Waals surface area contributed by atoms with Gasteiger partial charge in [-0.25, -0.2) is 0 Å². The van der Waals surface area contributed by atoms with Crippen LogP contribution in [0.15, 0.2) is 24.3 Å². The van der Waals surface area contributed by atoms with Crippen LogP contribution in [0.25, 0.3) is 0 Å². The van der Waals surface area contributed by atoms with Crippen molar-refractivity contribution < 1.29 is 4.74 Å². The zero-order valence-corrected chi connectivity index (χ0v) is 12.5. The van der Waals surface area contributed by atoms with Crippen LogP contribution < -0.4 is 5.32 Å². The SMILES string of the molecule is CC(C)(C)NCc1cccc(COC2CCCC2)c1. The molecule has 1 aromatic rings. The van der Waals surface area contributed by atoms with Crippen molar-refractivity contribution in [1.82, 2.24) is 5.32 Å². The van der Waals surface area contributed by atoms with E-state index in [4.69, 9.17) is 4.74 Å². The van der Waals surface area contributed by atoms with E-state index in [0.29, 0.717) is 6.10 Å². The van der Waals surface area contributed by atoms with Gasteiger partial charge in [-0.3, -0.25) is 0 Å². The van der Waals surface area contributed by atoms with Crippen LogP contribution in [-0.4, -0.2) is 11.6 Å². The molecule has 0 heterocycles. The maximum absolute atomic E-state index is 5.97. The molecule has 0 amide bonds. The van der Waals surface area contributed by atoms with Crippen molar-refractivity contribution in [2.45, 2.75) is 71.2 Å². The molecule has 19 heavy (non-hydrogen) atoms. The maximum Gasteiger partial charge on any atom is 0.0720 e. The topological polar surface area (TPSA) is 21.3 Å². The molecule has 1 aliphatic carbocycles. The summed E-state index contributed by atoms with van der Waals surface area (Å²) in [6, 6.07) is 8.73. The fourth-order valence-electron chi connectivity index (χ4n) is 2.47. The van der Waals surface area contributed by atoms with Gasteiger partial charge < -0.3 is 10.1 Å². The average Bonchev–Trinajstić information content (AvgIpc) is 2.87. The Kier molecular flexibility index (Phi) is 5.00. The molecular formula is C17H27NO. The van der Waals surface area contributed by atoms with Crippen LogP contribution >= 0.6 is 0 Å². The molecule has 0 aliphatic heterocycles. The molecule has 0 unspecified atom stereocenters. The molecule has 0 aromatic heterocycles. The summed E-state index contributed by atoms with van der Waals surface area (Å²) in [4.78, 5) is 0. The molecule has 1 aromatic carbocycles. The molecule has 1 saturated carbocycles. The smallest absolute Gasteiger partial charge is 0.0720 e. The van der Waals surface area contributed by atoms with E-state index in [0.717, 1.165) is 13.2 Å². The summed E-state index contributed by atoms with van der Waals surface area (Å²) in [5, 5.41) is 3.52. The lowest BCUT2D eigenvalue weighted by Crippen LogP contribution is -2.35. The molecule has 0 atom stereocenters. The van der Waals surface area contributed by atoms with Crippen LogP contribution in [-0.2, 0) is 17.9 Å². The van der Waals surface area contributed by atoms with Gasteiger partial charge in [0.25, 0.3) is 0 Å². The van der Waals surface area contributed by atoms with E-state index in [1.54, 1.807) is 0 Å². The van der Waals surface area contributed by atoms with Crippen molar-refractivity contribution >= 4 is 0 Å². The quantitative estimate of drug-likeness (QED) is 0.864. The van der Waals surface area contributed by atoms with Gasteiger partial charge in [0, 0.05) is 12.1 Å². The highest BCUT2D eigenvalue weighted by Crippen LogP contribution is 2.22. The highest BCUT2D eigenvalue weighted by atomic mass is 16.5. The summed E-state index contributed by atoms with van der Waals surface area (Å²) in [6.45, 7) is 8.26. The number of hydrogen-bond acceptors (Lipinski definition) is 2. The average molecular weight is 261 g/mol. The number of ether oxygens (including phenoxy) is 1. The van der Waals surface area contributed by atoms with E-state index in [9.17, 15) is 0 Å². The second-order valence-electron chi connectivity index (χ2n) is 6.64. The summed E-state index contributed by atoms with van der Waals surface area (Å²) in [7, 11) is 0. The molecule has 0 radical (unpaired) electrons. The van der Waals surface area contributed by atoms with Gasteiger partial charge in [-0.05, 0) is 44.7 Å². The summed E-state index contributed by atoms with van der Waals surface area (Å²) in [6.07, 6.45) is 5.65. The Bertz CT molecular complexity index is 388. The fourth-order valence-corrected chi connectivity index (χ4v) is 2.47. The zero-order chi connectivity index (χ0) is 13.7. The predicted molar refractivity (Wildman–Crippen MR) is 80.1 cm³/mol. The lowest BCUT2D eigenvalue weighted by Gasteiger charge is -2.20. The Morgan fingerprint density at radius 2 is 1.84 bits per heavy atom. The first-order valence-corrected chi connectivity index (χ1v) is 7.47. The Morgan fingerprint density at radius 3 is 2.53 bits per heavy atom. The second kappa shape index (κ2) is 6.53. The molecule has 2 nitrogen and oxygen atoms in total. The molecule has 1 aliphatic rings. The van der Waals surface area contributed by atoms with E-state index in [2.05, 4.69) is 50.4 Å². The second-order valence-corrected chi connectivity index (χ2v) is 6.64. The van der Waals surface area contributed by atoms with Crippen LogP contribution in [0.1, 0.15) is 57.6 Å². The van der Waals surface area contributed by atoms with Gasteiger partial charge in [-0.2, -0.15) is 0 Å². The number of benzene rings is 1. The Balaban J connectivity index is 1.84. The van der Waals surface area contributed by atoms with Crippen LogP contribution in [0.5, 0.6) is 0 Å². The van der Waals surface area contributed by atoms with Crippen LogP contribution in [0.4, 0.5) is 0 Å². The maximum atomic E-state index is 5.97. The molecule has 106 valence electrons.